The second-order valence-electron chi connectivity index (χ2n) is 8.62. The van der Waals surface area contributed by atoms with Crippen LogP contribution in [0.3, 0.4) is 0 Å². The minimum atomic E-state index is -0.663. The molecule has 3 N–H and O–H groups in total. The topological polar surface area (TPSA) is 111 Å². The fourth-order valence-electron chi connectivity index (χ4n) is 4.97. The SMILES string of the molecule is CNCC1Cc2ccccc2N1C(=O)Nc1ccc2c(c1)CN(C1CCC(=O)NC1=O)C2=O. The molecule has 2 unspecified atom stereocenters. The largest absolute Gasteiger partial charge is 0.326 e. The van der Waals surface area contributed by atoms with E-state index in [1.807, 2.05) is 31.3 Å². The highest BCUT2D eigenvalue weighted by Gasteiger charge is 2.39. The maximum absolute atomic E-state index is 13.2. The number of rotatable bonds is 4. The van der Waals surface area contributed by atoms with Crippen molar-refractivity contribution in [2.45, 2.75) is 37.9 Å². The highest BCUT2D eigenvalue weighted by Crippen LogP contribution is 2.33. The van der Waals surface area contributed by atoms with Crippen molar-refractivity contribution >= 4 is 35.1 Å². The van der Waals surface area contributed by atoms with Crippen molar-refractivity contribution in [3.8, 4) is 0 Å². The molecule has 5 amide bonds. The van der Waals surface area contributed by atoms with Gasteiger partial charge in [-0.15, -0.1) is 0 Å². The van der Waals surface area contributed by atoms with Gasteiger partial charge < -0.3 is 15.5 Å². The summed E-state index contributed by atoms with van der Waals surface area (Å²) in [6.07, 6.45) is 1.31. The normalized spacial score (nSPS) is 21.7. The Hall–Kier alpha value is -3.72. The summed E-state index contributed by atoms with van der Waals surface area (Å²) in [5.41, 5.74) is 3.88. The number of urea groups is 1. The molecule has 0 bridgehead atoms. The number of nitrogens with zero attached hydrogens (tertiary/aromatic N) is 2. The van der Waals surface area contributed by atoms with Crippen LogP contribution in [0.5, 0.6) is 0 Å². The Balaban J connectivity index is 1.34. The zero-order chi connectivity index (χ0) is 23.1. The molecule has 0 aromatic heterocycles. The van der Waals surface area contributed by atoms with Crippen LogP contribution in [0, 0.1) is 0 Å². The van der Waals surface area contributed by atoms with Gasteiger partial charge in [0.25, 0.3) is 5.91 Å². The number of benzene rings is 2. The van der Waals surface area contributed by atoms with Gasteiger partial charge in [-0.05, 0) is 55.3 Å². The monoisotopic (exact) mass is 447 g/mol. The third-order valence-corrected chi connectivity index (χ3v) is 6.51. The summed E-state index contributed by atoms with van der Waals surface area (Å²) in [7, 11) is 1.87. The summed E-state index contributed by atoms with van der Waals surface area (Å²) in [5.74, 6) is -0.991. The van der Waals surface area contributed by atoms with Crippen LogP contribution in [0.25, 0.3) is 0 Å². The van der Waals surface area contributed by atoms with E-state index in [4.69, 9.17) is 0 Å². The fourth-order valence-corrected chi connectivity index (χ4v) is 4.97. The van der Waals surface area contributed by atoms with Gasteiger partial charge in [-0.1, -0.05) is 18.2 Å². The highest BCUT2D eigenvalue weighted by atomic mass is 16.2. The number of para-hydroxylation sites is 1. The van der Waals surface area contributed by atoms with Crippen molar-refractivity contribution in [3.05, 3.63) is 59.2 Å². The number of hydrogen-bond acceptors (Lipinski definition) is 5. The molecule has 2 aromatic carbocycles. The summed E-state index contributed by atoms with van der Waals surface area (Å²) >= 11 is 0. The lowest BCUT2D eigenvalue weighted by Crippen LogP contribution is -2.52. The van der Waals surface area contributed by atoms with E-state index in [-0.39, 0.29) is 36.9 Å². The first-order valence-electron chi connectivity index (χ1n) is 11.1. The Morgan fingerprint density at radius 2 is 1.94 bits per heavy atom. The summed E-state index contributed by atoms with van der Waals surface area (Å²) in [6, 6.07) is 12.2. The van der Waals surface area contributed by atoms with Gasteiger partial charge in [-0.25, -0.2) is 4.79 Å². The molecule has 2 aromatic rings. The Morgan fingerprint density at radius 1 is 1.12 bits per heavy atom. The molecule has 9 nitrogen and oxygen atoms in total. The smallest absolute Gasteiger partial charge is 0.322 e. The molecule has 3 aliphatic rings. The molecule has 0 aliphatic carbocycles. The third kappa shape index (κ3) is 3.74. The lowest BCUT2D eigenvalue weighted by atomic mass is 10.0. The number of imide groups is 1. The predicted molar refractivity (Wildman–Crippen MR) is 122 cm³/mol. The number of hydrogen-bond donors (Lipinski definition) is 3. The van der Waals surface area contributed by atoms with Gasteiger partial charge in [0.2, 0.25) is 11.8 Å². The summed E-state index contributed by atoms with van der Waals surface area (Å²) in [6.45, 7) is 0.931. The first-order valence-corrected chi connectivity index (χ1v) is 11.1. The number of carbonyl (C=O) groups is 4. The molecule has 0 radical (unpaired) electrons. The van der Waals surface area contributed by atoms with Gasteiger partial charge in [0.1, 0.15) is 6.04 Å². The molecule has 1 fully saturated rings. The molecule has 0 saturated carbocycles. The lowest BCUT2D eigenvalue weighted by molar-refractivity contribution is -0.136. The number of piperidine rings is 1. The van der Waals surface area contributed by atoms with E-state index >= 15 is 0 Å². The molecule has 1 saturated heterocycles. The minimum Gasteiger partial charge on any atom is -0.322 e. The average Bonchev–Trinajstić information content (AvgIpc) is 3.31. The van der Waals surface area contributed by atoms with E-state index < -0.39 is 11.9 Å². The van der Waals surface area contributed by atoms with Crippen molar-refractivity contribution in [1.29, 1.82) is 0 Å². The summed E-state index contributed by atoms with van der Waals surface area (Å²) < 4.78 is 0. The van der Waals surface area contributed by atoms with Crippen LogP contribution in [-0.2, 0) is 22.6 Å². The van der Waals surface area contributed by atoms with Crippen LogP contribution in [0.2, 0.25) is 0 Å². The predicted octanol–water partition coefficient (Wildman–Crippen LogP) is 1.63. The van der Waals surface area contributed by atoms with Crippen molar-refractivity contribution in [2.75, 3.05) is 23.8 Å². The number of likely N-dealkylation sites (N-methyl/N-ethyl adjacent to an activating group) is 1. The van der Waals surface area contributed by atoms with Crippen LogP contribution in [0.1, 0.15) is 34.3 Å². The molecule has 33 heavy (non-hydrogen) atoms. The van der Waals surface area contributed by atoms with Crippen LogP contribution in [0.4, 0.5) is 16.2 Å². The number of nitrogens with one attached hydrogen (secondary N) is 3. The fraction of sp³-hybridized carbons (Fsp3) is 0.333. The number of amides is 5. The molecule has 2 atom stereocenters. The zero-order valence-electron chi connectivity index (χ0n) is 18.3. The first kappa shape index (κ1) is 21.1. The van der Waals surface area contributed by atoms with Gasteiger partial charge >= 0.3 is 6.03 Å². The van der Waals surface area contributed by atoms with Crippen LogP contribution in [-0.4, -0.2) is 54.3 Å². The van der Waals surface area contributed by atoms with Crippen LogP contribution < -0.4 is 20.9 Å². The Bertz CT molecular complexity index is 1160. The number of fused-ring (bicyclic) bond motifs is 2. The van der Waals surface area contributed by atoms with Gasteiger partial charge in [0, 0.05) is 36.4 Å². The molecule has 170 valence electrons. The number of carbonyl (C=O) groups excluding carboxylic acids is 4. The highest BCUT2D eigenvalue weighted by molar-refractivity contribution is 6.07. The Kier molecular flexibility index (Phi) is 5.33. The van der Waals surface area contributed by atoms with Crippen LogP contribution in [0.15, 0.2) is 42.5 Å². The van der Waals surface area contributed by atoms with E-state index in [2.05, 4.69) is 16.0 Å². The Labute approximate surface area is 191 Å². The van der Waals surface area contributed by atoms with Crippen molar-refractivity contribution in [1.82, 2.24) is 15.5 Å². The number of anilines is 2. The molecular formula is C24H25N5O4. The van der Waals surface area contributed by atoms with Crippen molar-refractivity contribution in [3.63, 3.8) is 0 Å². The quantitative estimate of drug-likeness (QED) is 0.617. The second kappa shape index (κ2) is 8.32. The maximum atomic E-state index is 13.2. The summed E-state index contributed by atoms with van der Waals surface area (Å²) in [5, 5.41) is 8.43. The minimum absolute atomic E-state index is 0.00595. The van der Waals surface area contributed by atoms with E-state index in [1.165, 1.54) is 4.90 Å². The van der Waals surface area contributed by atoms with Crippen LogP contribution >= 0.6 is 0 Å². The van der Waals surface area contributed by atoms with Crippen molar-refractivity contribution in [2.24, 2.45) is 0 Å². The maximum Gasteiger partial charge on any atom is 0.326 e. The molecule has 5 rings (SSSR count). The van der Waals surface area contributed by atoms with E-state index in [9.17, 15) is 19.2 Å². The van der Waals surface area contributed by atoms with Gasteiger partial charge in [0.15, 0.2) is 0 Å². The average molecular weight is 447 g/mol. The van der Waals surface area contributed by atoms with Gasteiger partial charge in [0.05, 0.1) is 6.04 Å². The molecular weight excluding hydrogens is 422 g/mol. The van der Waals surface area contributed by atoms with E-state index in [1.54, 1.807) is 23.1 Å². The summed E-state index contributed by atoms with van der Waals surface area (Å²) in [4.78, 5) is 53.1. The van der Waals surface area contributed by atoms with E-state index in [0.29, 0.717) is 24.2 Å². The standard InChI is InChI=1S/C24H25N5O4/c1-25-12-17-11-14-4-2-3-5-19(14)29(17)24(33)26-16-6-7-18-15(10-16)13-28(23(18)32)20-8-9-21(30)27-22(20)31/h2-7,10,17,20,25H,8-9,11-13H2,1H3,(H,26,33)(H,27,30,31). The molecule has 3 heterocycles. The zero-order valence-corrected chi connectivity index (χ0v) is 18.3. The molecule has 0 spiro atoms. The first-order chi connectivity index (χ1) is 16.0. The third-order valence-electron chi connectivity index (χ3n) is 6.51. The van der Waals surface area contributed by atoms with Gasteiger partial charge in [-0.3, -0.25) is 24.6 Å². The molecule has 9 heteroatoms. The second-order valence-corrected chi connectivity index (χ2v) is 8.62. The lowest BCUT2D eigenvalue weighted by Gasteiger charge is -2.29. The Morgan fingerprint density at radius 3 is 2.73 bits per heavy atom. The van der Waals surface area contributed by atoms with Gasteiger partial charge in [-0.2, -0.15) is 0 Å². The van der Waals surface area contributed by atoms with E-state index in [0.717, 1.165) is 23.2 Å². The van der Waals surface area contributed by atoms with Crippen molar-refractivity contribution < 1.29 is 19.2 Å². The molecule has 3 aliphatic heterocycles.